The monoisotopic (exact) mass is 385 g/mol. The minimum atomic E-state index is -0.804. The molecule has 2 rings (SSSR count). The normalized spacial score (nSPS) is 10.5. The van der Waals surface area contributed by atoms with Crippen LogP contribution in [0, 0.1) is 0 Å². The van der Waals surface area contributed by atoms with E-state index in [0.29, 0.717) is 23.6 Å². The summed E-state index contributed by atoms with van der Waals surface area (Å²) < 4.78 is 1.51. The van der Waals surface area contributed by atoms with Crippen LogP contribution in [0.5, 0.6) is 0 Å². The maximum absolute atomic E-state index is 12.1. The van der Waals surface area contributed by atoms with E-state index in [4.69, 9.17) is 16.7 Å². The van der Waals surface area contributed by atoms with Crippen LogP contribution >= 0.6 is 33.2 Å². The van der Waals surface area contributed by atoms with Gasteiger partial charge in [-0.05, 0) is 12.1 Å². The molecular weight excluding hydrogens is 370 g/mol. The van der Waals surface area contributed by atoms with Gasteiger partial charge in [0.05, 0.1) is 23.9 Å². The highest BCUT2D eigenvalue weighted by Crippen LogP contribution is 2.22. The molecular formula is C15H16ClN3O3S2. The third-order valence-electron chi connectivity index (χ3n) is 2.91. The Bertz CT molecular complexity index is 695. The first-order valence-electron chi connectivity index (χ1n) is 7.13. The number of nitrogens with zero attached hydrogens (tertiary/aromatic N) is 2. The van der Waals surface area contributed by atoms with Crippen molar-refractivity contribution in [2.75, 3.05) is 18.1 Å². The maximum Gasteiger partial charge on any atom is 0.304 e. The number of amides is 1. The fraction of sp³-hybridized carbons (Fsp3) is 0.267. The van der Waals surface area contributed by atoms with E-state index in [1.165, 1.54) is 32.5 Å². The number of para-hydroxylation sites is 1. The van der Waals surface area contributed by atoms with Crippen molar-refractivity contribution < 1.29 is 14.7 Å². The number of carboxylic acid groups (broad SMARTS) is 1. The van der Waals surface area contributed by atoms with E-state index in [-0.39, 0.29) is 17.5 Å². The summed E-state index contributed by atoms with van der Waals surface area (Å²) in [6, 6.07) is 9.33. The van der Waals surface area contributed by atoms with Gasteiger partial charge in [0.2, 0.25) is 0 Å². The molecule has 0 unspecified atom stereocenters. The van der Waals surface area contributed by atoms with Crippen LogP contribution in [-0.4, -0.2) is 44.8 Å². The number of carbonyl (C=O) groups excluding carboxylic acids is 1. The Kier molecular flexibility index (Phi) is 7.48. The summed E-state index contributed by atoms with van der Waals surface area (Å²) in [7, 11) is 3.00. The lowest BCUT2D eigenvalue weighted by Gasteiger charge is -2.05. The molecule has 9 heteroatoms. The third kappa shape index (κ3) is 5.47. The largest absolute Gasteiger partial charge is 0.481 e. The lowest BCUT2D eigenvalue weighted by molar-refractivity contribution is -0.136. The average Bonchev–Trinajstić information content (AvgIpc) is 2.96. The summed E-state index contributed by atoms with van der Waals surface area (Å²) in [5.41, 5.74) is 1.11. The van der Waals surface area contributed by atoms with Gasteiger partial charge in [-0.3, -0.25) is 9.59 Å². The van der Waals surface area contributed by atoms with Crippen LogP contribution in [0.4, 0.5) is 0 Å². The maximum atomic E-state index is 12.1. The fourth-order valence-electron chi connectivity index (χ4n) is 1.78. The topological polar surface area (TPSA) is 84.2 Å². The molecule has 1 aromatic heterocycles. The van der Waals surface area contributed by atoms with E-state index < -0.39 is 5.97 Å². The summed E-state index contributed by atoms with van der Waals surface area (Å²) >= 11 is 6.24. The Hall–Kier alpha value is -1.64. The van der Waals surface area contributed by atoms with Gasteiger partial charge in [-0.1, -0.05) is 51.4 Å². The van der Waals surface area contributed by atoms with Crippen molar-refractivity contribution in [1.29, 1.82) is 0 Å². The number of aliphatic carboxylic acids is 1. The quantitative estimate of drug-likeness (QED) is 0.509. The van der Waals surface area contributed by atoms with Crippen LogP contribution in [0.2, 0.25) is 5.15 Å². The van der Waals surface area contributed by atoms with Crippen molar-refractivity contribution in [1.82, 2.24) is 15.1 Å². The van der Waals surface area contributed by atoms with Crippen molar-refractivity contribution in [2.45, 2.75) is 6.42 Å². The second-order valence-electron chi connectivity index (χ2n) is 4.64. The number of carboxylic acids is 1. The minimum absolute atomic E-state index is 0.137. The highest BCUT2D eigenvalue weighted by atomic mass is 35.5. The lowest BCUT2D eigenvalue weighted by atomic mass is 10.3. The van der Waals surface area contributed by atoms with Crippen LogP contribution in [0.1, 0.15) is 16.8 Å². The van der Waals surface area contributed by atoms with E-state index >= 15 is 0 Å². The molecule has 0 aliphatic carbocycles. The van der Waals surface area contributed by atoms with Crippen molar-refractivity contribution in [2.24, 2.45) is 0 Å². The molecule has 0 bridgehead atoms. The summed E-state index contributed by atoms with van der Waals surface area (Å²) in [4.78, 5) is 22.5. The van der Waals surface area contributed by atoms with Crippen LogP contribution in [0.15, 0.2) is 36.5 Å². The Morgan fingerprint density at radius 1 is 1.21 bits per heavy atom. The summed E-state index contributed by atoms with van der Waals surface area (Å²) in [5.74, 6) is 0.143. The number of aromatic nitrogens is 2. The minimum Gasteiger partial charge on any atom is -0.481 e. The van der Waals surface area contributed by atoms with Crippen LogP contribution in [0.3, 0.4) is 0 Å². The SMILES string of the molecule is O=C(O)CCSSCCNC(=O)c1cnn(-c2ccccc2)c1Cl. The number of carbonyl (C=O) groups is 2. The molecule has 0 saturated carbocycles. The van der Waals surface area contributed by atoms with Crippen LogP contribution in [0.25, 0.3) is 5.69 Å². The van der Waals surface area contributed by atoms with Crippen LogP contribution < -0.4 is 5.32 Å². The third-order valence-corrected chi connectivity index (χ3v) is 5.68. The van der Waals surface area contributed by atoms with E-state index in [9.17, 15) is 9.59 Å². The van der Waals surface area contributed by atoms with Gasteiger partial charge in [-0.15, -0.1) is 0 Å². The van der Waals surface area contributed by atoms with E-state index in [1.807, 2.05) is 30.3 Å². The number of hydrogen-bond donors (Lipinski definition) is 2. The van der Waals surface area contributed by atoms with Gasteiger partial charge < -0.3 is 10.4 Å². The zero-order chi connectivity index (χ0) is 17.4. The zero-order valence-corrected chi connectivity index (χ0v) is 15.0. The molecule has 1 heterocycles. The molecule has 0 atom stereocenters. The predicted molar refractivity (Wildman–Crippen MR) is 98.1 cm³/mol. The van der Waals surface area contributed by atoms with Gasteiger partial charge in [0, 0.05) is 18.1 Å². The molecule has 0 aliphatic rings. The molecule has 0 fully saturated rings. The molecule has 2 aromatic rings. The first kappa shape index (κ1) is 18.7. The van der Waals surface area contributed by atoms with Gasteiger partial charge in [0.1, 0.15) is 5.15 Å². The fourth-order valence-corrected chi connectivity index (χ4v) is 3.95. The molecule has 0 aliphatic heterocycles. The molecule has 1 aromatic carbocycles. The molecule has 0 saturated heterocycles. The van der Waals surface area contributed by atoms with Crippen molar-refractivity contribution >= 4 is 45.1 Å². The molecule has 2 N–H and O–H groups in total. The number of halogens is 1. The zero-order valence-electron chi connectivity index (χ0n) is 12.6. The highest BCUT2D eigenvalue weighted by molar-refractivity contribution is 8.76. The number of benzene rings is 1. The standard InChI is InChI=1S/C15H16ClN3O3S2/c16-14-12(10-18-19(14)11-4-2-1-3-5-11)15(22)17-7-9-24-23-8-6-13(20)21/h1-5,10H,6-9H2,(H,17,22)(H,20,21). The molecule has 1 amide bonds. The highest BCUT2D eigenvalue weighted by Gasteiger charge is 2.16. The van der Waals surface area contributed by atoms with Gasteiger partial charge in [-0.25, -0.2) is 4.68 Å². The Balaban J connectivity index is 1.79. The molecule has 0 spiro atoms. The predicted octanol–water partition coefficient (Wildman–Crippen LogP) is 3.11. The number of hydrogen-bond acceptors (Lipinski definition) is 5. The average molecular weight is 386 g/mol. The van der Waals surface area contributed by atoms with Crippen LogP contribution in [-0.2, 0) is 4.79 Å². The smallest absolute Gasteiger partial charge is 0.304 e. The van der Waals surface area contributed by atoms with Crippen molar-refractivity contribution in [3.05, 3.63) is 47.2 Å². The Labute approximate surface area is 152 Å². The Morgan fingerprint density at radius 2 is 1.92 bits per heavy atom. The number of nitrogens with one attached hydrogen (secondary N) is 1. The Morgan fingerprint density at radius 3 is 2.62 bits per heavy atom. The second-order valence-corrected chi connectivity index (χ2v) is 7.70. The first-order valence-corrected chi connectivity index (χ1v) is 9.99. The van der Waals surface area contributed by atoms with Gasteiger partial charge in [0.25, 0.3) is 5.91 Å². The summed E-state index contributed by atoms with van der Waals surface area (Å²) in [6.45, 7) is 0.469. The van der Waals surface area contributed by atoms with Crippen molar-refractivity contribution in [3.63, 3.8) is 0 Å². The molecule has 128 valence electrons. The molecule has 0 radical (unpaired) electrons. The van der Waals surface area contributed by atoms with E-state index in [1.54, 1.807) is 0 Å². The van der Waals surface area contributed by atoms with Gasteiger partial charge >= 0.3 is 5.97 Å². The van der Waals surface area contributed by atoms with Gasteiger partial charge in [0.15, 0.2) is 0 Å². The molecule has 6 nitrogen and oxygen atoms in total. The molecule has 24 heavy (non-hydrogen) atoms. The van der Waals surface area contributed by atoms with E-state index in [0.717, 1.165) is 5.69 Å². The second kappa shape index (κ2) is 9.61. The first-order chi connectivity index (χ1) is 11.6. The lowest BCUT2D eigenvalue weighted by Crippen LogP contribution is -2.25. The van der Waals surface area contributed by atoms with Gasteiger partial charge in [-0.2, -0.15) is 5.10 Å². The summed E-state index contributed by atoms with van der Waals surface area (Å²) in [5, 5.41) is 15.7. The van der Waals surface area contributed by atoms with Crippen molar-refractivity contribution in [3.8, 4) is 5.69 Å². The van der Waals surface area contributed by atoms with E-state index in [2.05, 4.69) is 10.4 Å². The number of rotatable bonds is 9. The summed E-state index contributed by atoms with van der Waals surface area (Å²) in [6.07, 6.45) is 1.58.